The van der Waals surface area contributed by atoms with Crippen LogP contribution in [-0.2, 0) is 4.74 Å². The number of tetrazole rings is 1. The highest BCUT2D eigenvalue weighted by molar-refractivity contribution is 5.94. The number of aromatic nitrogens is 4. The van der Waals surface area contributed by atoms with E-state index in [4.69, 9.17) is 9.84 Å². The Morgan fingerprint density at radius 1 is 1.33 bits per heavy atom. The molecule has 2 N–H and O–H groups in total. The van der Waals surface area contributed by atoms with Crippen molar-refractivity contribution in [1.82, 2.24) is 25.5 Å². The van der Waals surface area contributed by atoms with Gasteiger partial charge in [-0.2, -0.15) is 5.21 Å². The van der Waals surface area contributed by atoms with Crippen LogP contribution in [0.4, 0.5) is 0 Å². The van der Waals surface area contributed by atoms with Crippen LogP contribution in [0.3, 0.4) is 0 Å². The van der Waals surface area contributed by atoms with Crippen LogP contribution in [-0.4, -0.2) is 70.0 Å². The lowest BCUT2D eigenvalue weighted by molar-refractivity contribution is 0.0656. The Hall–Kier alpha value is -2.32. The Morgan fingerprint density at radius 3 is 2.67 bits per heavy atom. The molecule has 0 aliphatic carbocycles. The van der Waals surface area contributed by atoms with Crippen molar-refractivity contribution in [2.45, 2.75) is 0 Å². The highest BCUT2D eigenvalue weighted by atomic mass is 16.5. The fourth-order valence-corrected chi connectivity index (χ4v) is 1.87. The predicted octanol–water partition coefficient (Wildman–Crippen LogP) is -0.0524. The van der Waals surface area contributed by atoms with E-state index in [1.807, 2.05) is 0 Å². The zero-order valence-electron chi connectivity index (χ0n) is 11.7. The second-order valence-electron chi connectivity index (χ2n) is 4.32. The molecule has 8 nitrogen and oxygen atoms in total. The maximum atomic E-state index is 12.3. The van der Waals surface area contributed by atoms with Gasteiger partial charge in [-0.1, -0.05) is 12.1 Å². The summed E-state index contributed by atoms with van der Waals surface area (Å²) in [5.74, 6) is 0.321. The molecule has 0 aliphatic heterocycles. The molecule has 0 aliphatic rings. The van der Waals surface area contributed by atoms with Crippen LogP contribution in [0.1, 0.15) is 10.4 Å². The average molecular weight is 291 g/mol. The number of amides is 1. The minimum absolute atomic E-state index is 0.0869. The summed E-state index contributed by atoms with van der Waals surface area (Å²) in [7, 11) is 1.57. The Labute approximate surface area is 121 Å². The lowest BCUT2D eigenvalue weighted by atomic mass is 10.1. The van der Waals surface area contributed by atoms with Gasteiger partial charge in [-0.3, -0.25) is 4.79 Å². The number of rotatable bonds is 7. The Bertz CT molecular complexity index is 556. The molecule has 0 saturated heterocycles. The third-order valence-electron chi connectivity index (χ3n) is 2.96. The molecule has 0 atom stereocenters. The summed E-state index contributed by atoms with van der Waals surface area (Å²) in [6, 6.07) is 6.91. The lowest BCUT2D eigenvalue weighted by Gasteiger charge is -2.21. The third-order valence-corrected chi connectivity index (χ3v) is 2.96. The molecule has 112 valence electrons. The molecule has 0 bridgehead atoms. The van der Waals surface area contributed by atoms with Gasteiger partial charge in [0.05, 0.1) is 13.2 Å². The molecule has 21 heavy (non-hydrogen) atoms. The summed E-state index contributed by atoms with van der Waals surface area (Å²) in [4.78, 5) is 13.9. The number of ether oxygens (including phenoxy) is 1. The van der Waals surface area contributed by atoms with Crippen LogP contribution in [0.15, 0.2) is 24.3 Å². The van der Waals surface area contributed by atoms with Gasteiger partial charge in [-0.05, 0) is 17.3 Å². The van der Waals surface area contributed by atoms with E-state index in [1.165, 1.54) is 0 Å². The van der Waals surface area contributed by atoms with Crippen molar-refractivity contribution in [3.8, 4) is 11.4 Å². The van der Waals surface area contributed by atoms with Gasteiger partial charge in [0.2, 0.25) is 5.82 Å². The molecule has 0 radical (unpaired) electrons. The first-order valence-corrected chi connectivity index (χ1v) is 6.49. The topological polar surface area (TPSA) is 104 Å². The van der Waals surface area contributed by atoms with Crippen molar-refractivity contribution in [3.63, 3.8) is 0 Å². The van der Waals surface area contributed by atoms with Gasteiger partial charge < -0.3 is 14.7 Å². The van der Waals surface area contributed by atoms with E-state index in [-0.39, 0.29) is 19.1 Å². The first-order chi connectivity index (χ1) is 10.3. The van der Waals surface area contributed by atoms with E-state index < -0.39 is 0 Å². The summed E-state index contributed by atoms with van der Waals surface area (Å²) in [6.45, 7) is 1.04. The van der Waals surface area contributed by atoms with Crippen molar-refractivity contribution in [3.05, 3.63) is 29.8 Å². The number of nitrogens with one attached hydrogen (secondary N) is 1. The molecular formula is C13H17N5O3. The lowest BCUT2D eigenvalue weighted by Crippen LogP contribution is -2.36. The monoisotopic (exact) mass is 291 g/mol. The smallest absolute Gasteiger partial charge is 0.254 e. The number of aromatic amines is 1. The van der Waals surface area contributed by atoms with E-state index in [1.54, 1.807) is 36.3 Å². The summed E-state index contributed by atoms with van der Waals surface area (Å²) in [5.41, 5.74) is 1.30. The number of aliphatic hydroxyl groups excluding tert-OH is 1. The van der Waals surface area contributed by atoms with Crippen molar-refractivity contribution in [1.29, 1.82) is 0 Å². The number of aliphatic hydroxyl groups is 1. The largest absolute Gasteiger partial charge is 0.395 e. The Balaban J connectivity index is 2.10. The van der Waals surface area contributed by atoms with Crippen LogP contribution >= 0.6 is 0 Å². The SMILES string of the molecule is COCCN(CCO)C(=O)c1ccc(-c2nn[nH]n2)cc1. The number of carbonyl (C=O) groups excluding carboxylic acids is 1. The number of hydrogen-bond donors (Lipinski definition) is 2. The molecule has 1 aromatic carbocycles. The fraction of sp³-hybridized carbons (Fsp3) is 0.385. The normalized spacial score (nSPS) is 10.6. The predicted molar refractivity (Wildman–Crippen MR) is 74.5 cm³/mol. The van der Waals surface area contributed by atoms with Gasteiger partial charge in [0, 0.05) is 31.3 Å². The molecular weight excluding hydrogens is 274 g/mol. The third kappa shape index (κ3) is 3.83. The van der Waals surface area contributed by atoms with Gasteiger partial charge in [0.15, 0.2) is 0 Å². The van der Waals surface area contributed by atoms with E-state index in [9.17, 15) is 4.79 Å². The highest BCUT2D eigenvalue weighted by Gasteiger charge is 2.15. The molecule has 1 heterocycles. The van der Waals surface area contributed by atoms with Crippen molar-refractivity contribution in [2.24, 2.45) is 0 Å². The van der Waals surface area contributed by atoms with Crippen LogP contribution in [0.2, 0.25) is 0 Å². The number of hydrogen-bond acceptors (Lipinski definition) is 6. The van der Waals surface area contributed by atoms with Gasteiger partial charge >= 0.3 is 0 Å². The van der Waals surface area contributed by atoms with Gasteiger partial charge in [-0.25, -0.2) is 0 Å². The fourth-order valence-electron chi connectivity index (χ4n) is 1.87. The minimum Gasteiger partial charge on any atom is -0.395 e. The van der Waals surface area contributed by atoms with Crippen LogP contribution < -0.4 is 0 Å². The van der Waals surface area contributed by atoms with Crippen molar-refractivity contribution >= 4 is 5.91 Å². The van der Waals surface area contributed by atoms with Crippen LogP contribution in [0, 0.1) is 0 Å². The average Bonchev–Trinajstić information content (AvgIpc) is 3.05. The number of methoxy groups -OCH3 is 1. The highest BCUT2D eigenvalue weighted by Crippen LogP contribution is 2.15. The molecule has 0 spiro atoms. The molecule has 1 amide bonds. The van der Waals surface area contributed by atoms with Gasteiger partial charge in [0.1, 0.15) is 0 Å². The molecule has 8 heteroatoms. The van der Waals surface area contributed by atoms with Crippen LogP contribution in [0.25, 0.3) is 11.4 Å². The van der Waals surface area contributed by atoms with E-state index in [0.717, 1.165) is 5.56 Å². The molecule has 0 unspecified atom stereocenters. The zero-order chi connectivity index (χ0) is 15.1. The molecule has 0 saturated carbocycles. The maximum absolute atomic E-state index is 12.3. The first-order valence-electron chi connectivity index (χ1n) is 6.49. The van der Waals surface area contributed by atoms with Gasteiger partial charge in [-0.15, -0.1) is 10.2 Å². The molecule has 1 aromatic heterocycles. The number of benzene rings is 1. The second kappa shape index (κ2) is 7.46. The van der Waals surface area contributed by atoms with E-state index >= 15 is 0 Å². The van der Waals surface area contributed by atoms with Crippen molar-refractivity contribution < 1.29 is 14.6 Å². The standard InChI is InChI=1S/C13H17N5O3/c1-21-9-7-18(6-8-19)13(20)11-4-2-10(3-5-11)12-14-16-17-15-12/h2-5,19H,6-9H2,1H3,(H,14,15,16,17). The summed E-state index contributed by atoms with van der Waals surface area (Å²) in [6.07, 6.45) is 0. The van der Waals surface area contributed by atoms with Crippen LogP contribution in [0.5, 0.6) is 0 Å². The Kier molecular flexibility index (Phi) is 5.35. The number of nitrogens with zero attached hydrogens (tertiary/aromatic N) is 4. The summed E-state index contributed by atoms with van der Waals surface area (Å²) >= 11 is 0. The molecule has 0 fully saturated rings. The number of H-pyrrole nitrogens is 1. The maximum Gasteiger partial charge on any atom is 0.254 e. The molecule has 2 rings (SSSR count). The second-order valence-corrected chi connectivity index (χ2v) is 4.32. The summed E-state index contributed by atoms with van der Waals surface area (Å²) < 4.78 is 4.97. The van der Waals surface area contributed by atoms with E-state index in [2.05, 4.69) is 20.6 Å². The van der Waals surface area contributed by atoms with Crippen molar-refractivity contribution in [2.75, 3.05) is 33.4 Å². The minimum atomic E-state index is -0.152. The number of carbonyl (C=O) groups is 1. The van der Waals surface area contributed by atoms with Gasteiger partial charge in [0.25, 0.3) is 5.91 Å². The molecule has 2 aromatic rings. The summed E-state index contributed by atoms with van der Waals surface area (Å²) in [5, 5.41) is 22.7. The van der Waals surface area contributed by atoms with E-state index in [0.29, 0.717) is 24.5 Å². The zero-order valence-corrected chi connectivity index (χ0v) is 11.7. The Morgan fingerprint density at radius 2 is 2.10 bits per heavy atom. The quantitative estimate of drug-likeness (QED) is 0.741. The first kappa shape index (κ1) is 15.1.